The Hall–Kier alpha value is -1.35. The molecule has 3 N–H and O–H groups in total. The number of amides is 1. The van der Waals surface area contributed by atoms with Crippen molar-refractivity contribution < 1.29 is 4.79 Å². The van der Waals surface area contributed by atoms with Crippen molar-refractivity contribution in [3.63, 3.8) is 0 Å². The van der Waals surface area contributed by atoms with E-state index >= 15 is 0 Å². The second kappa shape index (κ2) is 6.40. The van der Waals surface area contributed by atoms with Crippen molar-refractivity contribution in [2.75, 3.05) is 6.54 Å². The van der Waals surface area contributed by atoms with Crippen molar-refractivity contribution in [1.29, 1.82) is 0 Å². The molecule has 0 saturated carbocycles. The molecule has 0 spiro atoms. The molecule has 1 amide bonds. The van der Waals surface area contributed by atoms with Crippen LogP contribution >= 0.6 is 0 Å². The van der Waals surface area contributed by atoms with Crippen LogP contribution in [0, 0.1) is 12.8 Å². The molecule has 17 heavy (non-hydrogen) atoms. The summed E-state index contributed by atoms with van der Waals surface area (Å²) in [5.74, 6) is -0.0968. The predicted octanol–water partition coefficient (Wildman–Crippen LogP) is 1.64. The topological polar surface area (TPSA) is 55.1 Å². The van der Waals surface area contributed by atoms with E-state index in [1.807, 2.05) is 26.0 Å². The summed E-state index contributed by atoms with van der Waals surface area (Å²) in [6, 6.07) is 8.12. The van der Waals surface area contributed by atoms with Crippen molar-refractivity contribution >= 4 is 5.91 Å². The maximum Gasteiger partial charge on any atom is 0.224 e. The van der Waals surface area contributed by atoms with Crippen LogP contribution in [0.5, 0.6) is 0 Å². The van der Waals surface area contributed by atoms with Crippen LogP contribution in [-0.2, 0) is 11.2 Å². The Morgan fingerprint density at radius 3 is 2.59 bits per heavy atom. The lowest BCUT2D eigenvalue weighted by atomic mass is 10.0. The monoisotopic (exact) mass is 234 g/mol. The van der Waals surface area contributed by atoms with Gasteiger partial charge in [-0.05, 0) is 31.4 Å². The first-order chi connectivity index (χ1) is 8.02. The van der Waals surface area contributed by atoms with Gasteiger partial charge in [0.25, 0.3) is 0 Å². The summed E-state index contributed by atoms with van der Waals surface area (Å²) in [4.78, 5) is 11.7. The third-order valence-corrected chi connectivity index (χ3v) is 3.16. The summed E-state index contributed by atoms with van der Waals surface area (Å²) in [5, 5.41) is 2.92. The number of hydrogen-bond donors (Lipinski definition) is 2. The van der Waals surface area contributed by atoms with Gasteiger partial charge in [0.15, 0.2) is 0 Å². The van der Waals surface area contributed by atoms with Gasteiger partial charge in [0, 0.05) is 18.5 Å². The molecule has 0 aliphatic rings. The highest BCUT2D eigenvalue weighted by Crippen LogP contribution is 2.07. The molecule has 94 valence electrons. The Morgan fingerprint density at radius 1 is 1.35 bits per heavy atom. The fraction of sp³-hybridized carbons (Fsp3) is 0.500. The third-order valence-electron chi connectivity index (χ3n) is 3.16. The molecule has 2 unspecified atom stereocenters. The number of nitrogens with two attached hydrogens (primary N) is 1. The fourth-order valence-corrected chi connectivity index (χ4v) is 1.61. The summed E-state index contributed by atoms with van der Waals surface area (Å²) < 4.78 is 0. The zero-order valence-electron chi connectivity index (χ0n) is 10.9. The molecule has 1 aromatic carbocycles. The van der Waals surface area contributed by atoms with Gasteiger partial charge in [-0.15, -0.1) is 0 Å². The van der Waals surface area contributed by atoms with E-state index in [1.165, 1.54) is 11.1 Å². The molecule has 0 aliphatic heterocycles. The predicted molar refractivity (Wildman–Crippen MR) is 70.7 cm³/mol. The number of hydrogen-bond acceptors (Lipinski definition) is 2. The maximum absolute atomic E-state index is 11.7. The van der Waals surface area contributed by atoms with E-state index in [4.69, 9.17) is 5.73 Å². The second-order valence-electron chi connectivity index (χ2n) is 4.62. The van der Waals surface area contributed by atoms with E-state index in [1.54, 1.807) is 0 Å². The minimum Gasteiger partial charge on any atom is -0.355 e. The van der Waals surface area contributed by atoms with Gasteiger partial charge >= 0.3 is 0 Å². The Kier molecular flexibility index (Phi) is 5.16. The van der Waals surface area contributed by atoms with E-state index in [0.717, 1.165) is 6.42 Å². The maximum atomic E-state index is 11.7. The molecular formula is C14H22N2O. The van der Waals surface area contributed by atoms with Crippen LogP contribution in [0.1, 0.15) is 25.0 Å². The van der Waals surface area contributed by atoms with Gasteiger partial charge in [-0.1, -0.05) is 31.2 Å². The number of benzene rings is 1. The zero-order chi connectivity index (χ0) is 12.8. The Labute approximate surface area is 103 Å². The van der Waals surface area contributed by atoms with Gasteiger partial charge in [-0.25, -0.2) is 0 Å². The standard InChI is InChI=1S/C14H22N2O/c1-10-6-4-5-7-13(10)8-9-16-14(17)11(2)12(3)15/h4-7,11-12H,8-9,15H2,1-3H3,(H,16,17). The molecule has 1 rings (SSSR count). The van der Waals surface area contributed by atoms with E-state index in [9.17, 15) is 4.79 Å². The molecular weight excluding hydrogens is 212 g/mol. The van der Waals surface area contributed by atoms with E-state index in [2.05, 4.69) is 24.4 Å². The van der Waals surface area contributed by atoms with Gasteiger partial charge in [-0.3, -0.25) is 4.79 Å². The number of nitrogens with one attached hydrogen (secondary N) is 1. The first kappa shape index (κ1) is 13.7. The molecule has 3 heteroatoms. The minimum absolute atomic E-state index is 0.0357. The summed E-state index contributed by atoms with van der Waals surface area (Å²) in [6.07, 6.45) is 0.865. The van der Waals surface area contributed by atoms with Gasteiger partial charge in [-0.2, -0.15) is 0 Å². The molecule has 1 aromatic rings. The molecule has 0 heterocycles. The molecule has 0 radical (unpaired) electrons. The fourth-order valence-electron chi connectivity index (χ4n) is 1.61. The smallest absolute Gasteiger partial charge is 0.224 e. The Morgan fingerprint density at radius 2 is 2.00 bits per heavy atom. The molecule has 0 fully saturated rings. The average Bonchev–Trinajstić information content (AvgIpc) is 2.30. The highest BCUT2D eigenvalue weighted by atomic mass is 16.1. The summed E-state index contributed by atoms with van der Waals surface area (Å²) in [6.45, 7) is 6.46. The second-order valence-corrected chi connectivity index (χ2v) is 4.62. The number of rotatable bonds is 5. The molecule has 0 aliphatic carbocycles. The van der Waals surface area contributed by atoms with E-state index < -0.39 is 0 Å². The van der Waals surface area contributed by atoms with Crippen LogP contribution in [0.25, 0.3) is 0 Å². The van der Waals surface area contributed by atoms with Crippen molar-refractivity contribution in [3.8, 4) is 0 Å². The normalized spacial score (nSPS) is 14.1. The third kappa shape index (κ3) is 4.19. The van der Waals surface area contributed by atoms with Crippen molar-refractivity contribution in [1.82, 2.24) is 5.32 Å². The lowest BCUT2D eigenvalue weighted by Gasteiger charge is -2.15. The number of carbonyl (C=O) groups excluding carboxylic acids is 1. The van der Waals surface area contributed by atoms with Crippen molar-refractivity contribution in [3.05, 3.63) is 35.4 Å². The molecule has 0 bridgehead atoms. The summed E-state index contributed by atoms with van der Waals surface area (Å²) >= 11 is 0. The zero-order valence-corrected chi connectivity index (χ0v) is 10.9. The lowest BCUT2D eigenvalue weighted by molar-refractivity contribution is -0.124. The van der Waals surface area contributed by atoms with Crippen LogP contribution in [0.4, 0.5) is 0 Å². The highest BCUT2D eigenvalue weighted by molar-refractivity contribution is 5.78. The van der Waals surface area contributed by atoms with Crippen molar-refractivity contribution in [2.24, 2.45) is 11.7 Å². The van der Waals surface area contributed by atoms with Crippen LogP contribution < -0.4 is 11.1 Å². The average molecular weight is 234 g/mol. The highest BCUT2D eigenvalue weighted by Gasteiger charge is 2.16. The number of carbonyl (C=O) groups is 1. The molecule has 0 aromatic heterocycles. The summed E-state index contributed by atoms with van der Waals surface area (Å²) in [5.41, 5.74) is 8.23. The molecule has 0 saturated heterocycles. The number of aryl methyl sites for hydroxylation is 1. The van der Waals surface area contributed by atoms with Crippen molar-refractivity contribution in [2.45, 2.75) is 33.2 Å². The first-order valence-corrected chi connectivity index (χ1v) is 6.10. The van der Waals surface area contributed by atoms with Crippen LogP contribution in [0.15, 0.2) is 24.3 Å². The van der Waals surface area contributed by atoms with E-state index in [-0.39, 0.29) is 17.9 Å². The van der Waals surface area contributed by atoms with Crippen LogP contribution in [-0.4, -0.2) is 18.5 Å². The van der Waals surface area contributed by atoms with Gasteiger partial charge in [0.1, 0.15) is 0 Å². The van der Waals surface area contributed by atoms with Crippen LogP contribution in [0.3, 0.4) is 0 Å². The molecule has 2 atom stereocenters. The Balaban J connectivity index is 2.38. The largest absolute Gasteiger partial charge is 0.355 e. The summed E-state index contributed by atoms with van der Waals surface area (Å²) in [7, 11) is 0. The van der Waals surface area contributed by atoms with Crippen LogP contribution in [0.2, 0.25) is 0 Å². The first-order valence-electron chi connectivity index (χ1n) is 6.10. The minimum atomic E-state index is -0.133. The quantitative estimate of drug-likeness (QED) is 0.813. The van der Waals surface area contributed by atoms with Gasteiger partial charge < -0.3 is 11.1 Å². The van der Waals surface area contributed by atoms with Gasteiger partial charge in [0.2, 0.25) is 5.91 Å². The lowest BCUT2D eigenvalue weighted by Crippen LogP contribution is -2.39. The Bertz CT molecular complexity index is 374. The van der Waals surface area contributed by atoms with Gasteiger partial charge in [0.05, 0.1) is 0 Å². The SMILES string of the molecule is Cc1ccccc1CCNC(=O)C(C)C(C)N. The molecule has 3 nitrogen and oxygen atoms in total. The van der Waals surface area contributed by atoms with E-state index in [0.29, 0.717) is 6.54 Å².